The molecule has 0 saturated heterocycles. The second-order valence-corrected chi connectivity index (χ2v) is 4.59. The van der Waals surface area contributed by atoms with Crippen LogP contribution >= 0.6 is 0 Å². The first kappa shape index (κ1) is 16.6. The summed E-state index contributed by atoms with van der Waals surface area (Å²) in [6.07, 6.45) is 0.756. The number of methoxy groups -OCH3 is 2. The molecule has 4 nitrogen and oxygen atoms in total. The van der Waals surface area contributed by atoms with Crippen LogP contribution in [0.25, 0.3) is 0 Å². The fourth-order valence-corrected chi connectivity index (χ4v) is 1.95. The van der Waals surface area contributed by atoms with Gasteiger partial charge in [-0.05, 0) is 37.1 Å². The zero-order valence-electron chi connectivity index (χ0n) is 12.3. The molecule has 0 bridgehead atoms. The van der Waals surface area contributed by atoms with Gasteiger partial charge in [0.1, 0.15) is 5.82 Å². The van der Waals surface area contributed by atoms with Crippen molar-refractivity contribution >= 4 is 5.91 Å². The predicted octanol–water partition coefficient (Wildman–Crippen LogP) is 2.26. The number of carbonyl (C=O) groups excluding carboxylic acids is 1. The quantitative estimate of drug-likeness (QED) is 0.687. The summed E-state index contributed by atoms with van der Waals surface area (Å²) in [5, 5.41) is 0. The lowest BCUT2D eigenvalue weighted by molar-refractivity contribution is 0.0673. The Balaban J connectivity index is 2.79. The molecule has 0 unspecified atom stereocenters. The Morgan fingerprint density at radius 1 is 1.20 bits per heavy atom. The molecule has 112 valence electrons. The first-order chi connectivity index (χ1) is 9.60. The number of halogens is 1. The summed E-state index contributed by atoms with van der Waals surface area (Å²) in [5.74, 6) is -0.433. The van der Waals surface area contributed by atoms with Crippen molar-refractivity contribution in [3.63, 3.8) is 0 Å². The molecule has 0 fully saturated rings. The minimum absolute atomic E-state index is 0.101. The average Bonchev–Trinajstić information content (AvgIpc) is 2.42. The highest BCUT2D eigenvalue weighted by atomic mass is 19.1. The maximum Gasteiger partial charge on any atom is 0.254 e. The van der Waals surface area contributed by atoms with Crippen LogP contribution in [-0.4, -0.2) is 51.3 Å². The van der Waals surface area contributed by atoms with Gasteiger partial charge in [-0.1, -0.05) is 0 Å². The number of rotatable bonds is 8. The molecule has 0 radical (unpaired) electrons. The molecule has 0 spiro atoms. The second kappa shape index (κ2) is 8.66. The highest BCUT2D eigenvalue weighted by molar-refractivity contribution is 5.95. The number of nitrogens with zero attached hydrogens (tertiary/aromatic N) is 1. The maximum absolute atomic E-state index is 13.1. The Kier molecular flexibility index (Phi) is 7.18. The van der Waals surface area contributed by atoms with E-state index < -0.39 is 0 Å². The van der Waals surface area contributed by atoms with Gasteiger partial charge in [-0.15, -0.1) is 0 Å². The Morgan fingerprint density at radius 2 is 1.90 bits per heavy atom. The Labute approximate surface area is 119 Å². The third kappa shape index (κ3) is 4.90. The molecular formula is C15H22FNO3. The molecule has 1 aromatic carbocycles. The number of ether oxygens (including phenoxy) is 2. The summed E-state index contributed by atoms with van der Waals surface area (Å²) in [7, 11) is 3.23. The Bertz CT molecular complexity index is 437. The van der Waals surface area contributed by atoms with Crippen molar-refractivity contribution in [1.29, 1.82) is 0 Å². The van der Waals surface area contributed by atoms with E-state index in [1.165, 1.54) is 18.2 Å². The zero-order chi connectivity index (χ0) is 15.0. The smallest absolute Gasteiger partial charge is 0.254 e. The molecule has 0 aliphatic heterocycles. The summed E-state index contributed by atoms with van der Waals surface area (Å²) >= 11 is 0. The highest BCUT2D eigenvalue weighted by Gasteiger charge is 2.17. The first-order valence-electron chi connectivity index (χ1n) is 6.63. The van der Waals surface area contributed by atoms with Gasteiger partial charge in [-0.3, -0.25) is 4.79 Å². The van der Waals surface area contributed by atoms with Crippen LogP contribution in [0, 0.1) is 12.7 Å². The van der Waals surface area contributed by atoms with E-state index in [1.807, 2.05) is 0 Å². The van der Waals surface area contributed by atoms with Gasteiger partial charge in [-0.2, -0.15) is 0 Å². The topological polar surface area (TPSA) is 38.8 Å². The normalized spacial score (nSPS) is 10.6. The van der Waals surface area contributed by atoms with Crippen LogP contribution in [-0.2, 0) is 9.47 Å². The van der Waals surface area contributed by atoms with E-state index in [9.17, 15) is 9.18 Å². The molecule has 0 N–H and O–H groups in total. The van der Waals surface area contributed by atoms with Crippen LogP contribution in [0.4, 0.5) is 4.39 Å². The van der Waals surface area contributed by atoms with Crippen molar-refractivity contribution in [2.24, 2.45) is 0 Å². The van der Waals surface area contributed by atoms with Crippen molar-refractivity contribution in [1.82, 2.24) is 4.90 Å². The molecule has 0 aliphatic rings. The SMILES string of the molecule is COCCCN(CCOC)C(=O)c1ccc(F)cc1C. The van der Waals surface area contributed by atoms with E-state index in [4.69, 9.17) is 9.47 Å². The highest BCUT2D eigenvalue weighted by Crippen LogP contribution is 2.13. The van der Waals surface area contributed by atoms with Crippen LogP contribution < -0.4 is 0 Å². The predicted molar refractivity (Wildman–Crippen MR) is 75.4 cm³/mol. The summed E-state index contributed by atoms with van der Waals surface area (Å²) in [6.45, 7) is 3.90. The molecule has 5 heteroatoms. The number of hydrogen-bond acceptors (Lipinski definition) is 3. The van der Waals surface area contributed by atoms with Gasteiger partial charge < -0.3 is 14.4 Å². The summed E-state index contributed by atoms with van der Waals surface area (Å²) in [4.78, 5) is 14.2. The monoisotopic (exact) mass is 283 g/mol. The van der Waals surface area contributed by atoms with Crippen LogP contribution in [0.5, 0.6) is 0 Å². The number of amides is 1. The first-order valence-corrected chi connectivity index (χ1v) is 6.63. The molecule has 20 heavy (non-hydrogen) atoms. The van der Waals surface area contributed by atoms with Gasteiger partial charge in [-0.25, -0.2) is 4.39 Å². The summed E-state index contributed by atoms with van der Waals surface area (Å²) in [5.41, 5.74) is 1.17. The Hall–Kier alpha value is -1.46. The minimum atomic E-state index is -0.332. The fourth-order valence-electron chi connectivity index (χ4n) is 1.95. The van der Waals surface area contributed by atoms with Crippen LogP contribution in [0.15, 0.2) is 18.2 Å². The number of carbonyl (C=O) groups is 1. The number of hydrogen-bond donors (Lipinski definition) is 0. The minimum Gasteiger partial charge on any atom is -0.385 e. The van der Waals surface area contributed by atoms with E-state index in [2.05, 4.69) is 0 Å². The van der Waals surface area contributed by atoms with Crippen LogP contribution in [0.2, 0.25) is 0 Å². The fraction of sp³-hybridized carbons (Fsp3) is 0.533. The lowest BCUT2D eigenvalue weighted by atomic mass is 10.1. The van der Waals surface area contributed by atoms with Crippen molar-refractivity contribution < 1.29 is 18.7 Å². The zero-order valence-corrected chi connectivity index (χ0v) is 12.3. The third-order valence-corrected chi connectivity index (χ3v) is 3.05. The van der Waals surface area contributed by atoms with Gasteiger partial charge in [0.2, 0.25) is 0 Å². The molecule has 0 aromatic heterocycles. The molecule has 0 saturated carbocycles. The van der Waals surface area contributed by atoms with E-state index >= 15 is 0 Å². The molecular weight excluding hydrogens is 261 g/mol. The number of aryl methyl sites for hydroxylation is 1. The summed E-state index contributed by atoms with van der Waals surface area (Å²) in [6, 6.07) is 4.21. The lowest BCUT2D eigenvalue weighted by Crippen LogP contribution is -2.35. The maximum atomic E-state index is 13.1. The van der Waals surface area contributed by atoms with Gasteiger partial charge in [0.05, 0.1) is 6.61 Å². The molecule has 1 amide bonds. The van der Waals surface area contributed by atoms with Crippen LogP contribution in [0.3, 0.4) is 0 Å². The molecule has 0 aliphatic carbocycles. The van der Waals surface area contributed by atoms with E-state index in [-0.39, 0.29) is 11.7 Å². The number of benzene rings is 1. The van der Waals surface area contributed by atoms with E-state index in [0.29, 0.717) is 37.4 Å². The van der Waals surface area contributed by atoms with Gasteiger partial charge in [0.25, 0.3) is 5.91 Å². The standard InChI is InChI=1S/C15H22FNO3/c1-12-11-13(16)5-6-14(12)15(18)17(8-10-20-3)7-4-9-19-2/h5-6,11H,4,7-10H2,1-3H3. The van der Waals surface area contributed by atoms with Crippen molar-refractivity contribution in [3.8, 4) is 0 Å². The second-order valence-electron chi connectivity index (χ2n) is 4.59. The van der Waals surface area contributed by atoms with E-state index in [0.717, 1.165) is 6.42 Å². The lowest BCUT2D eigenvalue weighted by Gasteiger charge is -2.23. The molecule has 0 heterocycles. The molecule has 1 aromatic rings. The van der Waals surface area contributed by atoms with Crippen molar-refractivity contribution in [2.75, 3.05) is 40.5 Å². The van der Waals surface area contributed by atoms with Crippen molar-refractivity contribution in [2.45, 2.75) is 13.3 Å². The molecule has 0 atom stereocenters. The van der Waals surface area contributed by atoms with E-state index in [1.54, 1.807) is 26.0 Å². The third-order valence-electron chi connectivity index (χ3n) is 3.05. The van der Waals surface area contributed by atoms with Crippen molar-refractivity contribution in [3.05, 3.63) is 35.1 Å². The largest absolute Gasteiger partial charge is 0.385 e. The van der Waals surface area contributed by atoms with Gasteiger partial charge in [0, 0.05) is 39.5 Å². The van der Waals surface area contributed by atoms with Gasteiger partial charge in [0.15, 0.2) is 0 Å². The van der Waals surface area contributed by atoms with Crippen LogP contribution in [0.1, 0.15) is 22.3 Å². The summed E-state index contributed by atoms with van der Waals surface area (Å²) < 4.78 is 23.1. The average molecular weight is 283 g/mol. The van der Waals surface area contributed by atoms with Gasteiger partial charge >= 0.3 is 0 Å². The Morgan fingerprint density at radius 3 is 2.50 bits per heavy atom. The molecule has 1 rings (SSSR count).